The molecule has 1 fully saturated rings. The zero-order chi connectivity index (χ0) is 13.7. The van der Waals surface area contributed by atoms with Gasteiger partial charge in [-0.05, 0) is 41.9 Å². The monoisotopic (exact) mass is 391 g/mol. The van der Waals surface area contributed by atoms with Gasteiger partial charge >= 0.3 is 0 Å². The highest BCUT2D eigenvalue weighted by Crippen LogP contribution is 2.30. The molecule has 19 heavy (non-hydrogen) atoms. The van der Waals surface area contributed by atoms with Gasteiger partial charge in [0.15, 0.2) is 0 Å². The van der Waals surface area contributed by atoms with E-state index < -0.39 is 0 Å². The van der Waals surface area contributed by atoms with Crippen LogP contribution in [0, 0.1) is 3.57 Å². The second-order valence-corrected chi connectivity index (χ2v) is 7.47. The molecule has 0 saturated heterocycles. The number of nitrogens with two attached hydrogens (primary N) is 1. The van der Waals surface area contributed by atoms with Crippen LogP contribution in [0.2, 0.25) is 0 Å². The molecule has 0 aromatic carbocycles. The van der Waals surface area contributed by atoms with Gasteiger partial charge in [-0.25, -0.2) is 9.97 Å². The third-order valence-electron chi connectivity index (χ3n) is 3.48. The number of hydrogen-bond acceptors (Lipinski definition) is 4. The van der Waals surface area contributed by atoms with Crippen molar-refractivity contribution in [3.63, 3.8) is 0 Å². The van der Waals surface area contributed by atoms with Gasteiger partial charge in [-0.1, -0.05) is 32.6 Å². The Kier molecular flexibility index (Phi) is 6.19. The second kappa shape index (κ2) is 7.67. The summed E-state index contributed by atoms with van der Waals surface area (Å²) in [5.41, 5.74) is 7.11. The Labute approximate surface area is 133 Å². The van der Waals surface area contributed by atoms with Gasteiger partial charge in [-0.2, -0.15) is 11.8 Å². The minimum atomic E-state index is 0.651. The summed E-state index contributed by atoms with van der Waals surface area (Å²) in [4.78, 5) is 9.13. The van der Waals surface area contributed by atoms with Gasteiger partial charge in [0.2, 0.25) is 0 Å². The number of rotatable bonds is 5. The first-order valence-corrected chi connectivity index (χ1v) is 9.25. The number of anilines is 1. The van der Waals surface area contributed by atoms with E-state index in [1.54, 1.807) is 0 Å². The summed E-state index contributed by atoms with van der Waals surface area (Å²) >= 11 is 4.27. The van der Waals surface area contributed by atoms with Crippen molar-refractivity contribution >= 4 is 40.2 Å². The van der Waals surface area contributed by atoms with Gasteiger partial charge in [0, 0.05) is 5.25 Å². The van der Waals surface area contributed by atoms with Crippen LogP contribution in [0.4, 0.5) is 5.82 Å². The lowest BCUT2D eigenvalue weighted by Crippen LogP contribution is -2.11. The molecule has 3 nitrogen and oxygen atoms in total. The average molecular weight is 391 g/mol. The van der Waals surface area contributed by atoms with E-state index in [9.17, 15) is 0 Å². The molecule has 1 aromatic heterocycles. The molecule has 0 atom stereocenters. The Balaban J connectivity index is 1.99. The lowest BCUT2D eigenvalue weighted by molar-refractivity contribution is 0.516. The Morgan fingerprint density at radius 3 is 2.68 bits per heavy atom. The minimum absolute atomic E-state index is 0.651. The first kappa shape index (κ1) is 15.4. The van der Waals surface area contributed by atoms with E-state index in [0.717, 1.165) is 38.9 Å². The highest BCUT2D eigenvalue weighted by Gasteiger charge is 2.15. The van der Waals surface area contributed by atoms with Crippen molar-refractivity contribution in [3.05, 3.63) is 15.1 Å². The summed E-state index contributed by atoms with van der Waals surface area (Å²) in [6.45, 7) is 2.17. The Hall–Kier alpha value is -0.0400. The summed E-state index contributed by atoms with van der Waals surface area (Å²) in [6.07, 6.45) is 8.97. The highest BCUT2D eigenvalue weighted by atomic mass is 127. The summed E-state index contributed by atoms with van der Waals surface area (Å²) in [5.74, 6) is 2.47. The summed E-state index contributed by atoms with van der Waals surface area (Å²) in [6, 6.07) is 0. The van der Waals surface area contributed by atoms with Crippen molar-refractivity contribution in [1.29, 1.82) is 0 Å². The van der Waals surface area contributed by atoms with Crippen molar-refractivity contribution in [2.24, 2.45) is 0 Å². The quantitative estimate of drug-likeness (QED) is 0.765. The number of halogens is 1. The molecule has 1 aliphatic carbocycles. The van der Waals surface area contributed by atoms with E-state index in [2.05, 4.69) is 39.5 Å². The normalized spacial score (nSPS) is 16.7. The van der Waals surface area contributed by atoms with Crippen molar-refractivity contribution < 1.29 is 0 Å². The van der Waals surface area contributed by atoms with E-state index >= 15 is 0 Å². The van der Waals surface area contributed by atoms with Crippen LogP contribution < -0.4 is 5.73 Å². The molecule has 0 radical (unpaired) electrons. The van der Waals surface area contributed by atoms with Crippen LogP contribution in [0.1, 0.15) is 57.0 Å². The first-order valence-electron chi connectivity index (χ1n) is 7.13. The van der Waals surface area contributed by atoms with Crippen molar-refractivity contribution in [2.75, 3.05) is 5.73 Å². The van der Waals surface area contributed by atoms with Crippen LogP contribution in [0.5, 0.6) is 0 Å². The third-order valence-corrected chi connectivity index (χ3v) is 6.02. The fourth-order valence-corrected chi connectivity index (χ4v) is 4.15. The molecular formula is C14H22IN3S. The smallest absolute Gasteiger partial charge is 0.140 e. The van der Waals surface area contributed by atoms with E-state index in [-0.39, 0.29) is 0 Å². The molecule has 2 rings (SSSR count). The predicted molar refractivity (Wildman–Crippen MR) is 91.3 cm³/mol. The summed E-state index contributed by atoms with van der Waals surface area (Å²) in [5, 5.41) is 0.799. The SMILES string of the molecule is CCCc1nc(CSC2CCCCC2)nc(N)c1I. The molecule has 0 spiro atoms. The zero-order valence-corrected chi connectivity index (χ0v) is 14.5. The highest BCUT2D eigenvalue weighted by molar-refractivity contribution is 14.1. The fraction of sp³-hybridized carbons (Fsp3) is 0.714. The standard InChI is InChI=1S/C14H22IN3S/c1-2-6-11-13(15)14(16)18-12(17-11)9-19-10-7-4-3-5-8-10/h10H,2-9H2,1H3,(H2,16,17,18). The zero-order valence-electron chi connectivity index (χ0n) is 11.5. The van der Waals surface area contributed by atoms with Gasteiger partial charge in [-0.15, -0.1) is 0 Å². The first-order chi connectivity index (χ1) is 9.20. The molecule has 0 unspecified atom stereocenters. The van der Waals surface area contributed by atoms with E-state index in [0.29, 0.717) is 5.82 Å². The minimum Gasteiger partial charge on any atom is -0.383 e. The molecule has 2 N–H and O–H groups in total. The number of nitrogens with zero attached hydrogens (tertiary/aromatic N) is 2. The molecule has 5 heteroatoms. The van der Waals surface area contributed by atoms with Gasteiger partial charge in [-0.3, -0.25) is 0 Å². The average Bonchev–Trinajstić information content (AvgIpc) is 2.43. The van der Waals surface area contributed by atoms with E-state index in [4.69, 9.17) is 5.73 Å². The van der Waals surface area contributed by atoms with E-state index in [1.807, 2.05) is 11.8 Å². The number of thioether (sulfide) groups is 1. The maximum absolute atomic E-state index is 5.99. The molecule has 0 amide bonds. The maximum Gasteiger partial charge on any atom is 0.140 e. The lowest BCUT2D eigenvalue weighted by Gasteiger charge is -2.20. The predicted octanol–water partition coefficient (Wildman–Crippen LogP) is 4.18. The molecule has 1 saturated carbocycles. The third kappa shape index (κ3) is 4.48. The van der Waals surface area contributed by atoms with Crippen molar-refractivity contribution in [2.45, 2.75) is 62.9 Å². The van der Waals surface area contributed by atoms with Crippen LogP contribution in [-0.2, 0) is 12.2 Å². The number of nitrogen functional groups attached to an aromatic ring is 1. The summed E-state index contributed by atoms with van der Waals surface area (Å²) in [7, 11) is 0. The van der Waals surface area contributed by atoms with Crippen molar-refractivity contribution in [3.8, 4) is 0 Å². The molecule has 1 aliphatic rings. The van der Waals surface area contributed by atoms with Crippen LogP contribution in [-0.4, -0.2) is 15.2 Å². The number of aromatic nitrogens is 2. The molecule has 106 valence electrons. The van der Waals surface area contributed by atoms with Crippen LogP contribution in [0.15, 0.2) is 0 Å². The summed E-state index contributed by atoms with van der Waals surface area (Å²) < 4.78 is 1.03. The van der Waals surface area contributed by atoms with Crippen molar-refractivity contribution in [1.82, 2.24) is 9.97 Å². The Morgan fingerprint density at radius 1 is 1.26 bits per heavy atom. The topological polar surface area (TPSA) is 51.8 Å². The van der Waals surface area contributed by atoms with Crippen LogP contribution in [0.25, 0.3) is 0 Å². The molecule has 0 aliphatic heterocycles. The molecular weight excluding hydrogens is 369 g/mol. The van der Waals surface area contributed by atoms with Crippen LogP contribution in [0.3, 0.4) is 0 Å². The maximum atomic E-state index is 5.99. The van der Waals surface area contributed by atoms with Crippen LogP contribution >= 0.6 is 34.4 Å². The number of aryl methyl sites for hydroxylation is 1. The largest absolute Gasteiger partial charge is 0.383 e. The molecule has 1 aromatic rings. The lowest BCUT2D eigenvalue weighted by atomic mass is 10.0. The van der Waals surface area contributed by atoms with E-state index in [1.165, 1.54) is 32.1 Å². The second-order valence-electron chi connectivity index (χ2n) is 5.11. The Morgan fingerprint density at radius 2 is 2.00 bits per heavy atom. The van der Waals surface area contributed by atoms with Gasteiger partial charge in [0.1, 0.15) is 11.6 Å². The van der Waals surface area contributed by atoms with Gasteiger partial charge in [0.25, 0.3) is 0 Å². The molecule has 1 heterocycles. The van der Waals surface area contributed by atoms with Gasteiger partial charge in [0.05, 0.1) is 15.0 Å². The fourth-order valence-electron chi connectivity index (χ4n) is 2.46. The number of hydrogen-bond donors (Lipinski definition) is 1. The molecule has 0 bridgehead atoms. The van der Waals surface area contributed by atoms with Gasteiger partial charge < -0.3 is 5.73 Å². The Bertz CT molecular complexity index is 419.